The van der Waals surface area contributed by atoms with Crippen molar-refractivity contribution < 1.29 is 14.0 Å². The highest BCUT2D eigenvalue weighted by atomic mass is 32.2. The van der Waals surface area contributed by atoms with Crippen LogP contribution in [-0.2, 0) is 10.5 Å². The van der Waals surface area contributed by atoms with Crippen molar-refractivity contribution in [1.29, 1.82) is 0 Å². The van der Waals surface area contributed by atoms with Crippen LogP contribution in [-0.4, -0.2) is 54.3 Å². The lowest BCUT2D eigenvalue weighted by atomic mass is 10.2. The van der Waals surface area contributed by atoms with E-state index in [-0.39, 0.29) is 11.8 Å². The Hall–Kier alpha value is -3.03. The average Bonchev–Trinajstić information content (AvgIpc) is 3.28. The first-order valence-corrected chi connectivity index (χ1v) is 11.3. The first kappa shape index (κ1) is 21.2. The van der Waals surface area contributed by atoms with Crippen LogP contribution in [0.4, 0.5) is 5.69 Å². The lowest BCUT2D eigenvalue weighted by Gasteiger charge is -2.34. The van der Waals surface area contributed by atoms with Crippen molar-refractivity contribution in [2.75, 3.05) is 38.0 Å². The molecule has 1 N–H and O–H groups in total. The molecule has 1 aliphatic rings. The molecule has 2 amide bonds. The Kier molecular flexibility index (Phi) is 7.07. The molecular weight excluding hydrogens is 410 g/mol. The fourth-order valence-electron chi connectivity index (χ4n) is 3.49. The quantitative estimate of drug-likeness (QED) is 0.569. The monoisotopic (exact) mass is 435 g/mol. The molecule has 4 rings (SSSR count). The molecule has 31 heavy (non-hydrogen) atoms. The van der Waals surface area contributed by atoms with Crippen LogP contribution in [0.15, 0.2) is 82.3 Å². The second kappa shape index (κ2) is 10.3. The highest BCUT2D eigenvalue weighted by Crippen LogP contribution is 2.25. The number of nitrogens with one attached hydrogen (secondary N) is 1. The number of nitrogens with zero attached hydrogens (tertiary/aromatic N) is 2. The van der Waals surface area contributed by atoms with Gasteiger partial charge in [0, 0.05) is 48.1 Å². The summed E-state index contributed by atoms with van der Waals surface area (Å²) in [5, 5.41) is 2.90. The topological polar surface area (TPSA) is 65.8 Å². The minimum Gasteiger partial charge on any atom is -0.459 e. The van der Waals surface area contributed by atoms with Crippen molar-refractivity contribution >= 4 is 29.3 Å². The maximum Gasteiger partial charge on any atom is 0.289 e. The second-order valence-electron chi connectivity index (χ2n) is 7.36. The Labute approximate surface area is 186 Å². The van der Waals surface area contributed by atoms with Gasteiger partial charge in [-0.1, -0.05) is 36.4 Å². The van der Waals surface area contributed by atoms with E-state index in [1.165, 1.54) is 0 Å². The Morgan fingerprint density at radius 1 is 0.903 bits per heavy atom. The van der Waals surface area contributed by atoms with E-state index in [1.54, 1.807) is 22.9 Å². The number of thioether (sulfide) groups is 1. The summed E-state index contributed by atoms with van der Waals surface area (Å²) >= 11 is 1.68. The van der Waals surface area contributed by atoms with Crippen LogP contribution in [0, 0.1) is 0 Å². The van der Waals surface area contributed by atoms with Crippen LogP contribution in [0.5, 0.6) is 0 Å². The Bertz CT molecular complexity index is 999. The Balaban J connectivity index is 1.27. The highest BCUT2D eigenvalue weighted by Gasteiger charge is 2.26. The van der Waals surface area contributed by atoms with Crippen molar-refractivity contribution in [2.45, 2.75) is 10.6 Å². The molecule has 2 aromatic carbocycles. The van der Waals surface area contributed by atoms with E-state index in [4.69, 9.17) is 4.42 Å². The molecule has 1 fully saturated rings. The number of amides is 2. The normalized spacial score (nSPS) is 14.4. The fraction of sp³-hybridized carbons (Fsp3) is 0.250. The van der Waals surface area contributed by atoms with Gasteiger partial charge in [0.15, 0.2) is 5.76 Å². The highest BCUT2D eigenvalue weighted by molar-refractivity contribution is 7.98. The molecule has 3 aromatic rings. The predicted molar refractivity (Wildman–Crippen MR) is 122 cm³/mol. The molecule has 0 spiro atoms. The molecule has 1 aromatic heterocycles. The van der Waals surface area contributed by atoms with Crippen LogP contribution in [0.25, 0.3) is 0 Å². The summed E-state index contributed by atoms with van der Waals surface area (Å²) in [6.07, 6.45) is 1.58. The smallest absolute Gasteiger partial charge is 0.289 e. The van der Waals surface area contributed by atoms with Crippen LogP contribution in [0.2, 0.25) is 0 Å². The molecule has 0 radical (unpaired) electrons. The number of rotatable bonds is 7. The zero-order valence-electron chi connectivity index (χ0n) is 17.2. The van der Waals surface area contributed by atoms with Crippen molar-refractivity contribution in [3.8, 4) is 0 Å². The zero-order chi connectivity index (χ0) is 21.5. The van der Waals surface area contributed by atoms with Crippen molar-refractivity contribution in [3.05, 3.63) is 84.3 Å². The van der Waals surface area contributed by atoms with E-state index >= 15 is 0 Å². The SMILES string of the molecule is O=C(CN1CCN(C(=O)c2occc2CSc2ccccc2)CC1)Nc1ccccc1. The third kappa shape index (κ3) is 5.77. The van der Waals surface area contributed by atoms with E-state index in [9.17, 15) is 9.59 Å². The molecule has 1 aliphatic heterocycles. The van der Waals surface area contributed by atoms with E-state index in [1.807, 2.05) is 54.6 Å². The largest absolute Gasteiger partial charge is 0.459 e. The van der Waals surface area contributed by atoms with E-state index in [0.717, 1.165) is 16.1 Å². The maximum atomic E-state index is 13.0. The minimum atomic E-state index is -0.0814. The van der Waals surface area contributed by atoms with Crippen LogP contribution >= 0.6 is 11.8 Å². The first-order valence-electron chi connectivity index (χ1n) is 10.3. The Morgan fingerprint density at radius 3 is 2.29 bits per heavy atom. The third-order valence-corrected chi connectivity index (χ3v) is 6.22. The van der Waals surface area contributed by atoms with Crippen LogP contribution < -0.4 is 5.32 Å². The summed E-state index contributed by atoms with van der Waals surface area (Å²) in [5.41, 5.74) is 1.70. The van der Waals surface area contributed by atoms with Crippen LogP contribution in [0.1, 0.15) is 16.1 Å². The van der Waals surface area contributed by atoms with Gasteiger partial charge >= 0.3 is 0 Å². The Morgan fingerprint density at radius 2 is 1.58 bits per heavy atom. The molecule has 0 bridgehead atoms. The molecular formula is C24H25N3O3S. The third-order valence-electron chi connectivity index (χ3n) is 5.16. The predicted octanol–water partition coefficient (Wildman–Crippen LogP) is 3.97. The summed E-state index contributed by atoms with van der Waals surface area (Å²) in [6, 6.07) is 21.4. The van der Waals surface area contributed by atoms with Gasteiger partial charge in [-0.05, 0) is 30.3 Å². The minimum absolute atomic E-state index is 0.0442. The maximum absolute atomic E-state index is 13.0. The van der Waals surface area contributed by atoms with Gasteiger partial charge in [0.1, 0.15) is 0 Å². The summed E-state index contributed by atoms with van der Waals surface area (Å²) in [7, 11) is 0. The number of para-hydroxylation sites is 1. The number of hydrogen-bond acceptors (Lipinski definition) is 5. The number of carbonyl (C=O) groups is 2. The molecule has 7 heteroatoms. The molecule has 160 valence electrons. The second-order valence-corrected chi connectivity index (χ2v) is 8.41. The summed E-state index contributed by atoms with van der Waals surface area (Å²) in [6.45, 7) is 2.77. The van der Waals surface area contributed by atoms with Gasteiger partial charge in [0.05, 0.1) is 12.8 Å². The molecule has 2 heterocycles. The average molecular weight is 436 g/mol. The molecule has 0 unspecified atom stereocenters. The van der Waals surface area contributed by atoms with Gasteiger partial charge < -0.3 is 14.6 Å². The van der Waals surface area contributed by atoms with Gasteiger partial charge in [-0.25, -0.2) is 0 Å². The number of anilines is 1. The lowest BCUT2D eigenvalue weighted by Crippen LogP contribution is -2.50. The number of hydrogen-bond donors (Lipinski definition) is 1. The van der Waals surface area contributed by atoms with E-state index in [2.05, 4.69) is 22.3 Å². The molecule has 6 nitrogen and oxygen atoms in total. The van der Waals surface area contributed by atoms with Crippen molar-refractivity contribution in [1.82, 2.24) is 9.80 Å². The first-order chi connectivity index (χ1) is 15.2. The van der Waals surface area contributed by atoms with Crippen molar-refractivity contribution in [3.63, 3.8) is 0 Å². The lowest BCUT2D eigenvalue weighted by molar-refractivity contribution is -0.117. The molecule has 1 saturated heterocycles. The number of piperazine rings is 1. The summed E-state index contributed by atoms with van der Waals surface area (Å²) in [4.78, 5) is 30.3. The van der Waals surface area contributed by atoms with Gasteiger partial charge in [-0.2, -0.15) is 0 Å². The zero-order valence-corrected chi connectivity index (χ0v) is 18.0. The number of benzene rings is 2. The summed E-state index contributed by atoms with van der Waals surface area (Å²) < 4.78 is 5.54. The van der Waals surface area contributed by atoms with E-state index in [0.29, 0.717) is 44.2 Å². The van der Waals surface area contributed by atoms with Crippen LogP contribution in [0.3, 0.4) is 0 Å². The van der Waals surface area contributed by atoms with Gasteiger partial charge in [0.25, 0.3) is 5.91 Å². The number of furan rings is 1. The molecule has 0 saturated carbocycles. The van der Waals surface area contributed by atoms with Crippen molar-refractivity contribution in [2.24, 2.45) is 0 Å². The van der Waals surface area contributed by atoms with Gasteiger partial charge in [-0.15, -0.1) is 11.8 Å². The molecule has 0 atom stereocenters. The molecule has 0 aliphatic carbocycles. The number of carbonyl (C=O) groups excluding carboxylic acids is 2. The van der Waals surface area contributed by atoms with E-state index < -0.39 is 0 Å². The van der Waals surface area contributed by atoms with Gasteiger partial charge in [0.2, 0.25) is 5.91 Å². The fourth-order valence-corrected chi connectivity index (χ4v) is 4.39. The van der Waals surface area contributed by atoms with Gasteiger partial charge in [-0.3, -0.25) is 14.5 Å². The standard InChI is InChI=1S/C24H25N3O3S/c28-22(25-20-7-3-1-4-8-20)17-26-12-14-27(15-13-26)24(29)23-19(11-16-30-23)18-31-21-9-5-2-6-10-21/h1-11,16H,12-15,17-18H2,(H,25,28). The summed E-state index contributed by atoms with van der Waals surface area (Å²) in [5.74, 6) is 0.972.